The quantitative estimate of drug-likeness (QED) is 0.863. The van der Waals surface area contributed by atoms with Gasteiger partial charge in [-0.15, -0.1) is 11.3 Å². The fourth-order valence-electron chi connectivity index (χ4n) is 2.88. The van der Waals surface area contributed by atoms with Crippen molar-refractivity contribution in [1.29, 1.82) is 0 Å². The third-order valence-corrected chi connectivity index (χ3v) is 5.85. The molecule has 0 radical (unpaired) electrons. The zero-order valence-corrected chi connectivity index (χ0v) is 12.9. The van der Waals surface area contributed by atoms with Crippen LogP contribution in [0.4, 0.5) is 0 Å². The molecule has 1 atom stereocenters. The lowest BCUT2D eigenvalue weighted by atomic mass is 9.77. The molecular weight excluding hydrogens is 294 g/mol. The molecule has 1 aliphatic rings. The van der Waals surface area contributed by atoms with Crippen molar-refractivity contribution >= 4 is 27.3 Å². The third-order valence-electron chi connectivity index (χ3n) is 4.13. The van der Waals surface area contributed by atoms with E-state index in [0.29, 0.717) is 6.04 Å². The Balaban J connectivity index is 1.82. The van der Waals surface area contributed by atoms with Gasteiger partial charge in [-0.3, -0.25) is 0 Å². The SMILES string of the molecule is CCC1CCC(C(N)Cc2cc(Br)cs2)CC1. The molecule has 1 nitrogen and oxygen atoms in total. The molecule has 1 aliphatic carbocycles. The zero-order valence-electron chi connectivity index (χ0n) is 10.5. The number of thiophene rings is 1. The van der Waals surface area contributed by atoms with Crippen LogP contribution >= 0.6 is 27.3 Å². The lowest BCUT2D eigenvalue weighted by Gasteiger charge is -2.31. The van der Waals surface area contributed by atoms with E-state index in [4.69, 9.17) is 5.73 Å². The Kier molecular flexibility index (Phi) is 5.07. The Labute approximate surface area is 117 Å². The van der Waals surface area contributed by atoms with E-state index < -0.39 is 0 Å². The first-order chi connectivity index (χ1) is 8.19. The van der Waals surface area contributed by atoms with Crippen LogP contribution in [0.2, 0.25) is 0 Å². The molecule has 0 bridgehead atoms. The van der Waals surface area contributed by atoms with Gasteiger partial charge in [0.1, 0.15) is 0 Å². The maximum atomic E-state index is 6.37. The van der Waals surface area contributed by atoms with Crippen LogP contribution in [-0.4, -0.2) is 6.04 Å². The summed E-state index contributed by atoms with van der Waals surface area (Å²) in [6.07, 6.45) is 7.86. The highest BCUT2D eigenvalue weighted by Gasteiger charge is 2.25. The number of hydrogen-bond acceptors (Lipinski definition) is 2. The second-order valence-corrected chi connectivity index (χ2v) is 7.20. The second kappa shape index (κ2) is 6.35. The Morgan fingerprint density at radius 2 is 2.12 bits per heavy atom. The molecule has 1 unspecified atom stereocenters. The summed E-state index contributed by atoms with van der Waals surface area (Å²) >= 11 is 5.32. The summed E-state index contributed by atoms with van der Waals surface area (Å²) in [5.41, 5.74) is 6.37. The van der Waals surface area contributed by atoms with Gasteiger partial charge in [-0.2, -0.15) is 0 Å². The molecule has 1 aromatic rings. The highest BCUT2D eigenvalue weighted by atomic mass is 79.9. The highest BCUT2D eigenvalue weighted by molar-refractivity contribution is 9.10. The van der Waals surface area contributed by atoms with Gasteiger partial charge in [-0.1, -0.05) is 26.2 Å². The van der Waals surface area contributed by atoms with Crippen LogP contribution < -0.4 is 5.73 Å². The standard InChI is InChI=1S/C14H22BrNS/c1-2-10-3-5-11(6-4-10)14(16)8-13-7-12(15)9-17-13/h7,9-11,14H,2-6,8,16H2,1H3. The van der Waals surface area contributed by atoms with Gasteiger partial charge < -0.3 is 5.73 Å². The van der Waals surface area contributed by atoms with Crippen molar-refractivity contribution in [2.45, 2.75) is 51.5 Å². The Morgan fingerprint density at radius 3 is 2.65 bits per heavy atom. The van der Waals surface area contributed by atoms with E-state index in [1.54, 1.807) is 0 Å². The maximum absolute atomic E-state index is 6.37. The molecule has 0 amide bonds. The molecule has 1 heterocycles. The molecule has 96 valence electrons. The Bertz CT molecular complexity index is 342. The smallest absolute Gasteiger partial charge is 0.0285 e. The predicted octanol–water partition coefficient (Wildman–Crippen LogP) is 4.60. The summed E-state index contributed by atoms with van der Waals surface area (Å²) in [7, 11) is 0. The normalized spacial score (nSPS) is 27.0. The van der Waals surface area contributed by atoms with Crippen molar-refractivity contribution in [2.75, 3.05) is 0 Å². The maximum Gasteiger partial charge on any atom is 0.0285 e. The summed E-state index contributed by atoms with van der Waals surface area (Å²) in [4.78, 5) is 1.42. The molecule has 0 aliphatic heterocycles. The summed E-state index contributed by atoms with van der Waals surface area (Å²) in [5, 5.41) is 2.15. The van der Waals surface area contributed by atoms with Crippen LogP contribution in [0.15, 0.2) is 15.9 Å². The van der Waals surface area contributed by atoms with E-state index in [1.165, 1.54) is 41.5 Å². The molecule has 1 aromatic heterocycles. The van der Waals surface area contributed by atoms with E-state index in [0.717, 1.165) is 18.3 Å². The molecule has 0 spiro atoms. The Morgan fingerprint density at radius 1 is 1.41 bits per heavy atom. The van der Waals surface area contributed by atoms with Crippen molar-refractivity contribution in [3.8, 4) is 0 Å². The number of halogens is 1. The molecule has 1 saturated carbocycles. The summed E-state index contributed by atoms with van der Waals surface area (Å²) < 4.78 is 1.19. The van der Waals surface area contributed by atoms with Gasteiger partial charge in [0.05, 0.1) is 0 Å². The fraction of sp³-hybridized carbons (Fsp3) is 0.714. The summed E-state index contributed by atoms with van der Waals surface area (Å²) in [5.74, 6) is 1.72. The van der Waals surface area contributed by atoms with Gasteiger partial charge in [-0.05, 0) is 53.1 Å². The molecule has 3 heteroatoms. The van der Waals surface area contributed by atoms with E-state index in [1.807, 2.05) is 11.3 Å². The van der Waals surface area contributed by atoms with Crippen LogP contribution in [0, 0.1) is 11.8 Å². The summed E-state index contributed by atoms with van der Waals surface area (Å²) in [6, 6.07) is 2.57. The Hall–Kier alpha value is 0.140. The first-order valence-corrected chi connectivity index (χ1v) is 8.34. The van der Waals surface area contributed by atoms with Crippen molar-refractivity contribution in [3.63, 3.8) is 0 Å². The number of rotatable bonds is 4. The monoisotopic (exact) mass is 315 g/mol. The number of nitrogens with two attached hydrogens (primary N) is 1. The highest BCUT2D eigenvalue weighted by Crippen LogP contribution is 2.33. The van der Waals surface area contributed by atoms with E-state index >= 15 is 0 Å². The van der Waals surface area contributed by atoms with E-state index in [2.05, 4.69) is 34.3 Å². The molecule has 2 N–H and O–H groups in total. The van der Waals surface area contributed by atoms with Crippen LogP contribution in [-0.2, 0) is 6.42 Å². The van der Waals surface area contributed by atoms with E-state index in [-0.39, 0.29) is 0 Å². The van der Waals surface area contributed by atoms with Crippen molar-refractivity contribution in [2.24, 2.45) is 17.6 Å². The lowest BCUT2D eigenvalue weighted by molar-refractivity contribution is 0.238. The van der Waals surface area contributed by atoms with Crippen molar-refractivity contribution < 1.29 is 0 Å². The van der Waals surface area contributed by atoms with Crippen LogP contribution in [0.1, 0.15) is 43.9 Å². The van der Waals surface area contributed by atoms with Gasteiger partial charge >= 0.3 is 0 Å². The largest absolute Gasteiger partial charge is 0.327 e. The average molecular weight is 316 g/mol. The molecule has 0 aromatic carbocycles. The van der Waals surface area contributed by atoms with Crippen LogP contribution in [0.3, 0.4) is 0 Å². The van der Waals surface area contributed by atoms with Gasteiger partial charge in [0.15, 0.2) is 0 Å². The fourth-order valence-corrected chi connectivity index (χ4v) is 4.41. The van der Waals surface area contributed by atoms with Crippen molar-refractivity contribution in [3.05, 3.63) is 20.8 Å². The first kappa shape index (κ1) is 13.6. The van der Waals surface area contributed by atoms with Gasteiger partial charge in [0.2, 0.25) is 0 Å². The second-order valence-electron chi connectivity index (χ2n) is 5.29. The van der Waals surface area contributed by atoms with Gasteiger partial charge in [-0.25, -0.2) is 0 Å². The summed E-state index contributed by atoms with van der Waals surface area (Å²) in [6.45, 7) is 2.31. The zero-order chi connectivity index (χ0) is 12.3. The minimum absolute atomic E-state index is 0.360. The number of hydrogen-bond donors (Lipinski definition) is 1. The van der Waals surface area contributed by atoms with Crippen LogP contribution in [0.25, 0.3) is 0 Å². The van der Waals surface area contributed by atoms with Crippen molar-refractivity contribution in [1.82, 2.24) is 0 Å². The average Bonchev–Trinajstić information content (AvgIpc) is 2.75. The predicted molar refractivity (Wildman–Crippen MR) is 79.4 cm³/mol. The molecule has 0 saturated heterocycles. The minimum Gasteiger partial charge on any atom is -0.327 e. The molecule has 2 rings (SSSR count). The molecule has 17 heavy (non-hydrogen) atoms. The molecule has 1 fully saturated rings. The van der Waals surface area contributed by atoms with Gasteiger partial charge in [0.25, 0.3) is 0 Å². The van der Waals surface area contributed by atoms with Gasteiger partial charge in [0, 0.05) is 20.8 Å². The molecular formula is C14H22BrNS. The van der Waals surface area contributed by atoms with E-state index in [9.17, 15) is 0 Å². The topological polar surface area (TPSA) is 26.0 Å². The first-order valence-electron chi connectivity index (χ1n) is 6.67. The third kappa shape index (κ3) is 3.80. The minimum atomic E-state index is 0.360. The van der Waals surface area contributed by atoms with Crippen LogP contribution in [0.5, 0.6) is 0 Å². The lowest BCUT2D eigenvalue weighted by Crippen LogP contribution is -2.34.